The van der Waals surface area contributed by atoms with Crippen LogP contribution in [0.5, 0.6) is 0 Å². The summed E-state index contributed by atoms with van der Waals surface area (Å²) in [6.45, 7) is 9.50. The van der Waals surface area contributed by atoms with Crippen molar-refractivity contribution in [1.29, 1.82) is 0 Å². The third-order valence-corrected chi connectivity index (χ3v) is 3.47. The normalized spacial score (nSPS) is 18.8. The van der Waals surface area contributed by atoms with E-state index >= 15 is 0 Å². The lowest BCUT2D eigenvalue weighted by molar-refractivity contribution is 0.602. The van der Waals surface area contributed by atoms with Crippen LogP contribution in [0.1, 0.15) is 31.7 Å². The van der Waals surface area contributed by atoms with Gasteiger partial charge in [0.2, 0.25) is 0 Å². The fraction of sp³-hybridized carbons (Fsp3) is 0.562. The van der Waals surface area contributed by atoms with Crippen molar-refractivity contribution < 1.29 is 0 Å². The average molecular weight is 287 g/mol. The third-order valence-electron chi connectivity index (χ3n) is 3.47. The molecular weight excluding hydrogens is 262 g/mol. The molecule has 2 heterocycles. The molecule has 2 bridgehead atoms. The van der Waals surface area contributed by atoms with Crippen molar-refractivity contribution in [3.63, 3.8) is 0 Å². The molecule has 0 aliphatic carbocycles. The van der Waals surface area contributed by atoms with Crippen LogP contribution in [0.4, 0.5) is 0 Å². The van der Waals surface area contributed by atoms with Crippen molar-refractivity contribution in [2.45, 2.75) is 20.3 Å². The van der Waals surface area contributed by atoms with Gasteiger partial charge in [-0.05, 0) is 45.5 Å². The Morgan fingerprint density at radius 2 is 1.33 bits per heavy atom. The van der Waals surface area contributed by atoms with Gasteiger partial charge in [-0.1, -0.05) is 6.07 Å². The first-order chi connectivity index (χ1) is 10.3. The van der Waals surface area contributed by atoms with E-state index < -0.39 is 0 Å². The van der Waals surface area contributed by atoms with Gasteiger partial charge < -0.3 is 10.6 Å². The largest absolute Gasteiger partial charge is 0.315 e. The summed E-state index contributed by atoms with van der Waals surface area (Å²) in [6, 6.07) is 6.04. The van der Waals surface area contributed by atoms with Gasteiger partial charge in [-0.3, -0.25) is 9.98 Å². The molecule has 0 spiro atoms. The van der Waals surface area contributed by atoms with Crippen LogP contribution in [-0.4, -0.2) is 55.7 Å². The number of hydrogen-bond acceptors (Lipinski definition) is 5. The predicted octanol–water partition coefficient (Wildman–Crippen LogP) is 1.28. The number of rotatable bonds is 0. The summed E-state index contributed by atoms with van der Waals surface area (Å²) in [5.41, 5.74) is 3.85. The highest BCUT2D eigenvalue weighted by molar-refractivity contribution is 6.00. The van der Waals surface area contributed by atoms with E-state index in [9.17, 15) is 0 Å². The minimum Gasteiger partial charge on any atom is -0.315 e. The summed E-state index contributed by atoms with van der Waals surface area (Å²) in [5, 5.41) is 6.81. The van der Waals surface area contributed by atoms with Gasteiger partial charge in [0, 0.05) is 13.1 Å². The number of nitrogens with zero attached hydrogens (tertiary/aromatic N) is 3. The summed E-state index contributed by atoms with van der Waals surface area (Å²) in [6.07, 6.45) is 1.13. The number of nitrogens with one attached hydrogen (secondary N) is 2. The van der Waals surface area contributed by atoms with Crippen molar-refractivity contribution in [2.75, 3.05) is 39.3 Å². The second-order valence-corrected chi connectivity index (χ2v) is 5.20. The summed E-state index contributed by atoms with van der Waals surface area (Å²) >= 11 is 0. The number of pyridine rings is 1. The maximum Gasteiger partial charge on any atom is 0.0845 e. The Balaban J connectivity index is 2.16. The first-order valence-electron chi connectivity index (χ1n) is 7.69. The van der Waals surface area contributed by atoms with E-state index in [1.54, 1.807) is 0 Å². The second-order valence-electron chi connectivity index (χ2n) is 5.20. The lowest BCUT2D eigenvalue weighted by atomic mass is 10.2. The van der Waals surface area contributed by atoms with Crippen molar-refractivity contribution >= 4 is 11.4 Å². The molecule has 0 radical (unpaired) electrons. The van der Waals surface area contributed by atoms with Gasteiger partial charge in [0.25, 0.3) is 0 Å². The molecule has 2 N–H and O–H groups in total. The van der Waals surface area contributed by atoms with Gasteiger partial charge in [-0.2, -0.15) is 0 Å². The minimum absolute atomic E-state index is 0.790. The van der Waals surface area contributed by atoms with E-state index in [4.69, 9.17) is 0 Å². The Labute approximate surface area is 127 Å². The highest BCUT2D eigenvalue weighted by Gasteiger charge is 2.04. The second kappa shape index (κ2) is 8.64. The molecule has 1 aliphatic rings. The summed E-state index contributed by atoms with van der Waals surface area (Å²) in [7, 11) is 0. The summed E-state index contributed by atoms with van der Waals surface area (Å²) in [4.78, 5) is 13.8. The number of aliphatic imine (C=N–C) groups is 2. The van der Waals surface area contributed by atoms with Crippen LogP contribution in [0.15, 0.2) is 28.2 Å². The van der Waals surface area contributed by atoms with Crippen molar-refractivity contribution in [1.82, 2.24) is 15.6 Å². The third kappa shape index (κ3) is 5.36. The molecule has 0 amide bonds. The number of hydrogen-bond donors (Lipinski definition) is 2. The standard InChI is InChI=1S/C16H25N5/c1-13-15-5-3-6-16(21-15)14(2)20-12-10-18-8-4-7-17-9-11-19-13/h3,5-6,17-18H,4,7-12H2,1-2H3. The van der Waals surface area contributed by atoms with E-state index in [-0.39, 0.29) is 0 Å². The smallest absolute Gasteiger partial charge is 0.0845 e. The first-order valence-corrected chi connectivity index (χ1v) is 7.69. The highest BCUT2D eigenvalue weighted by atomic mass is 14.9. The Bertz CT molecular complexity index is 466. The fourth-order valence-electron chi connectivity index (χ4n) is 2.19. The molecule has 0 saturated heterocycles. The van der Waals surface area contributed by atoms with Crippen LogP contribution in [0.25, 0.3) is 0 Å². The van der Waals surface area contributed by atoms with Gasteiger partial charge in [0.15, 0.2) is 0 Å². The molecule has 1 aromatic heterocycles. The Hall–Kier alpha value is -1.59. The molecule has 5 nitrogen and oxygen atoms in total. The van der Waals surface area contributed by atoms with Gasteiger partial charge in [-0.25, -0.2) is 4.98 Å². The quantitative estimate of drug-likeness (QED) is 0.756. The molecule has 5 heteroatoms. The number of aromatic nitrogens is 1. The molecule has 114 valence electrons. The molecule has 0 fully saturated rings. The predicted molar refractivity (Wildman–Crippen MR) is 88.7 cm³/mol. The maximum atomic E-state index is 4.66. The van der Waals surface area contributed by atoms with E-state index in [2.05, 4.69) is 25.6 Å². The van der Waals surface area contributed by atoms with Gasteiger partial charge in [0.05, 0.1) is 35.9 Å². The highest BCUT2D eigenvalue weighted by Crippen LogP contribution is 2.03. The zero-order valence-electron chi connectivity index (χ0n) is 13.0. The zero-order chi connectivity index (χ0) is 14.9. The molecule has 2 rings (SSSR count). The summed E-state index contributed by atoms with van der Waals surface area (Å²) < 4.78 is 0. The van der Waals surface area contributed by atoms with Crippen molar-refractivity contribution in [3.8, 4) is 0 Å². The van der Waals surface area contributed by atoms with Gasteiger partial charge in [0.1, 0.15) is 0 Å². The van der Waals surface area contributed by atoms with Gasteiger partial charge in [-0.15, -0.1) is 0 Å². The van der Waals surface area contributed by atoms with Crippen LogP contribution < -0.4 is 10.6 Å². The first kappa shape index (κ1) is 15.8. The molecule has 1 aliphatic heterocycles. The minimum atomic E-state index is 0.790. The average Bonchev–Trinajstić information content (AvgIpc) is 2.51. The Morgan fingerprint density at radius 3 is 1.86 bits per heavy atom. The topological polar surface area (TPSA) is 61.7 Å². The Kier molecular flexibility index (Phi) is 6.50. The van der Waals surface area contributed by atoms with Crippen molar-refractivity contribution in [3.05, 3.63) is 29.6 Å². The van der Waals surface area contributed by atoms with Crippen LogP contribution in [0, 0.1) is 0 Å². The molecular formula is C16H25N5. The molecule has 1 aromatic rings. The fourth-order valence-corrected chi connectivity index (χ4v) is 2.19. The van der Waals surface area contributed by atoms with Crippen LogP contribution in [-0.2, 0) is 0 Å². The lowest BCUT2D eigenvalue weighted by Gasteiger charge is -2.08. The maximum absolute atomic E-state index is 4.66. The molecule has 0 atom stereocenters. The number of fused-ring (bicyclic) bond motifs is 2. The zero-order valence-corrected chi connectivity index (χ0v) is 13.0. The lowest BCUT2D eigenvalue weighted by Crippen LogP contribution is -2.25. The summed E-state index contributed by atoms with van der Waals surface area (Å²) in [5.74, 6) is 0. The van der Waals surface area contributed by atoms with Crippen LogP contribution >= 0.6 is 0 Å². The van der Waals surface area contributed by atoms with Crippen molar-refractivity contribution in [2.24, 2.45) is 9.98 Å². The van der Waals surface area contributed by atoms with E-state index in [0.717, 1.165) is 68.5 Å². The van der Waals surface area contributed by atoms with E-state index in [1.165, 1.54) is 0 Å². The molecule has 0 unspecified atom stereocenters. The molecule has 0 saturated carbocycles. The molecule has 21 heavy (non-hydrogen) atoms. The van der Waals surface area contributed by atoms with Gasteiger partial charge >= 0.3 is 0 Å². The van der Waals surface area contributed by atoms with Crippen LogP contribution in [0.3, 0.4) is 0 Å². The SMILES string of the molecule is CC1=NCCNCCCNCCN=C(C)c2cccc1n2. The molecule has 0 aromatic carbocycles. The van der Waals surface area contributed by atoms with Crippen LogP contribution in [0.2, 0.25) is 0 Å². The van der Waals surface area contributed by atoms with E-state index in [0.29, 0.717) is 0 Å². The monoisotopic (exact) mass is 287 g/mol. The van der Waals surface area contributed by atoms with E-state index in [1.807, 2.05) is 32.0 Å². The Morgan fingerprint density at radius 1 is 0.810 bits per heavy atom.